The summed E-state index contributed by atoms with van der Waals surface area (Å²) in [5.41, 5.74) is 5.55. The first-order valence-corrected chi connectivity index (χ1v) is 17.4. The molecule has 4 heterocycles. The van der Waals surface area contributed by atoms with Gasteiger partial charge in [-0.2, -0.15) is 0 Å². The van der Waals surface area contributed by atoms with Gasteiger partial charge >= 0.3 is 0 Å². The van der Waals surface area contributed by atoms with Gasteiger partial charge in [0.05, 0.1) is 44.5 Å². The fraction of sp³-hybridized carbons (Fsp3) is 0.385. The minimum absolute atomic E-state index is 0.0819. The normalized spacial score (nSPS) is 18.6. The van der Waals surface area contributed by atoms with Crippen molar-refractivity contribution >= 4 is 17.3 Å². The number of halogens is 1. The molecule has 0 unspecified atom stereocenters. The van der Waals surface area contributed by atoms with Crippen LogP contribution < -0.4 is 28.4 Å². The van der Waals surface area contributed by atoms with Gasteiger partial charge in [-0.25, -0.2) is 0 Å². The molecule has 0 fully saturated rings. The second-order valence-electron chi connectivity index (χ2n) is 13.3. The Morgan fingerprint density at radius 1 is 0.784 bits per heavy atom. The molecule has 0 aliphatic carbocycles. The molecule has 268 valence electrons. The zero-order valence-electron chi connectivity index (χ0n) is 29.7. The van der Waals surface area contributed by atoms with Crippen LogP contribution in [0.3, 0.4) is 0 Å². The number of aryl methyl sites for hydroxylation is 1. The number of benzene rings is 4. The van der Waals surface area contributed by atoms with Crippen molar-refractivity contribution in [2.45, 2.75) is 44.2 Å². The van der Waals surface area contributed by atoms with E-state index in [2.05, 4.69) is 41.1 Å². The smallest absolute Gasteiger partial charge is 0.276 e. The highest BCUT2D eigenvalue weighted by molar-refractivity contribution is 6.33. The lowest BCUT2D eigenvalue weighted by atomic mass is 9.86. The molecule has 0 aromatic heterocycles. The van der Waals surface area contributed by atoms with Crippen molar-refractivity contribution in [1.82, 2.24) is 9.80 Å². The van der Waals surface area contributed by atoms with Crippen LogP contribution in [0.1, 0.15) is 51.9 Å². The Bertz CT molecular complexity index is 1990. The monoisotopic (exact) mass is 715 g/mol. The topological polar surface area (TPSA) is 105 Å². The predicted molar refractivity (Wildman–Crippen MR) is 194 cm³/mol. The first kappa shape index (κ1) is 34.7. The molecule has 0 radical (unpaired) electrons. The highest BCUT2D eigenvalue weighted by atomic mass is 35.5. The van der Waals surface area contributed by atoms with E-state index in [1.165, 1.54) is 29.9 Å². The number of ether oxygens (including phenoxy) is 6. The minimum atomic E-state index is -0.412. The molecule has 0 saturated heterocycles. The molecule has 0 spiro atoms. The minimum Gasteiger partial charge on any atom is -0.493 e. The van der Waals surface area contributed by atoms with E-state index in [1.54, 1.807) is 27.4 Å². The molecule has 8 rings (SSSR count). The Morgan fingerprint density at radius 2 is 1.45 bits per heavy atom. The van der Waals surface area contributed by atoms with E-state index in [1.807, 2.05) is 19.2 Å². The SMILES string of the molecule is COc1cc([N+](=O)[O-])c2cc1Oc1ccc(cc1)CC[C@H]1c3cc(c(OC)cc3CCN1C)Oc1c(OC)c(OC)c(Cl)c3c1[C@H](C2)N(C)CC3. The van der Waals surface area contributed by atoms with Crippen LogP contribution in [0.5, 0.6) is 46.0 Å². The van der Waals surface area contributed by atoms with Gasteiger partial charge in [-0.15, -0.1) is 0 Å². The van der Waals surface area contributed by atoms with Crippen LogP contribution in [0.15, 0.2) is 48.5 Å². The lowest BCUT2D eigenvalue weighted by molar-refractivity contribution is -0.385. The molecule has 2 atom stereocenters. The molecule has 6 bridgehead atoms. The van der Waals surface area contributed by atoms with Gasteiger partial charge < -0.3 is 28.4 Å². The molecule has 12 heteroatoms. The number of fused-ring (bicyclic) bond motifs is 3. The van der Waals surface area contributed by atoms with Gasteiger partial charge in [0.15, 0.2) is 34.5 Å². The number of nitro groups is 1. The Morgan fingerprint density at radius 3 is 2.14 bits per heavy atom. The fourth-order valence-electron chi connectivity index (χ4n) is 7.79. The van der Waals surface area contributed by atoms with Crippen molar-refractivity contribution in [1.29, 1.82) is 0 Å². The van der Waals surface area contributed by atoms with Crippen LogP contribution in [-0.2, 0) is 25.7 Å². The molecule has 51 heavy (non-hydrogen) atoms. The van der Waals surface area contributed by atoms with E-state index in [-0.39, 0.29) is 28.8 Å². The standard InChI is InChI=1S/C39H42ClN3O8/c1-41-15-13-23-18-31(46-3)34-20-27(23)28(41)12-9-22-7-10-25(11-8-22)50-33-19-24(29(43(44)45)21-32(33)47-4)17-30-35-26(14-16-42(30)2)36(40)38(48-5)39(49-6)37(35)51-34/h7-8,10-11,18-21,28,30H,9,12-17H2,1-6H3/t28-,30-/m0/s1. The highest BCUT2D eigenvalue weighted by Crippen LogP contribution is 2.55. The number of nitrogens with zero attached hydrogens (tertiary/aromatic N) is 3. The molecule has 4 aromatic rings. The maximum Gasteiger partial charge on any atom is 0.276 e. The van der Waals surface area contributed by atoms with Gasteiger partial charge in [-0.1, -0.05) is 23.7 Å². The van der Waals surface area contributed by atoms with Crippen LogP contribution in [0.2, 0.25) is 5.02 Å². The summed E-state index contributed by atoms with van der Waals surface area (Å²) in [5.74, 6) is 3.48. The van der Waals surface area contributed by atoms with Gasteiger partial charge in [-0.3, -0.25) is 19.9 Å². The Labute approximate surface area is 302 Å². The Kier molecular flexibility index (Phi) is 9.62. The summed E-state index contributed by atoms with van der Waals surface area (Å²) in [4.78, 5) is 16.7. The van der Waals surface area contributed by atoms with Gasteiger partial charge in [0.1, 0.15) is 5.75 Å². The van der Waals surface area contributed by atoms with E-state index >= 15 is 0 Å². The third-order valence-corrected chi connectivity index (χ3v) is 10.9. The second-order valence-corrected chi connectivity index (χ2v) is 13.7. The summed E-state index contributed by atoms with van der Waals surface area (Å²) < 4.78 is 36.8. The third kappa shape index (κ3) is 6.28. The third-order valence-electron chi connectivity index (χ3n) is 10.5. The van der Waals surface area contributed by atoms with E-state index in [9.17, 15) is 10.1 Å². The van der Waals surface area contributed by atoms with Crippen LogP contribution in [0.4, 0.5) is 5.69 Å². The first-order valence-electron chi connectivity index (χ1n) is 17.0. The number of hydrogen-bond acceptors (Lipinski definition) is 10. The molecule has 0 amide bonds. The van der Waals surface area contributed by atoms with Gasteiger partial charge in [0.2, 0.25) is 5.75 Å². The molecular formula is C39H42ClN3O8. The van der Waals surface area contributed by atoms with Crippen LogP contribution in [-0.4, -0.2) is 70.3 Å². The number of likely N-dealkylation sites (N-methyl/N-ethyl adjacent to an activating group) is 2. The fourth-order valence-corrected chi connectivity index (χ4v) is 8.15. The maximum absolute atomic E-state index is 12.6. The van der Waals surface area contributed by atoms with E-state index < -0.39 is 6.04 Å². The van der Waals surface area contributed by atoms with Crippen molar-refractivity contribution < 1.29 is 33.3 Å². The molecule has 4 aromatic carbocycles. The molecule has 11 nitrogen and oxygen atoms in total. The van der Waals surface area contributed by atoms with Crippen molar-refractivity contribution in [2.24, 2.45) is 0 Å². The Hall–Kier alpha value is -4.71. The van der Waals surface area contributed by atoms with Gasteiger partial charge in [-0.05, 0) is 98.8 Å². The molecule has 0 N–H and O–H groups in total. The Balaban J connectivity index is 1.50. The van der Waals surface area contributed by atoms with Crippen LogP contribution >= 0.6 is 11.6 Å². The van der Waals surface area contributed by atoms with E-state index in [0.29, 0.717) is 63.8 Å². The van der Waals surface area contributed by atoms with Crippen LogP contribution in [0, 0.1) is 10.1 Å². The van der Waals surface area contributed by atoms with Gasteiger partial charge in [0.25, 0.3) is 5.69 Å². The van der Waals surface area contributed by atoms with Crippen molar-refractivity contribution in [3.63, 3.8) is 0 Å². The lowest BCUT2D eigenvalue weighted by Crippen LogP contribution is -2.34. The number of hydrogen-bond donors (Lipinski definition) is 0. The maximum atomic E-state index is 12.6. The average molecular weight is 716 g/mol. The highest BCUT2D eigenvalue weighted by Gasteiger charge is 2.38. The summed E-state index contributed by atoms with van der Waals surface area (Å²) in [6.45, 7) is 1.56. The zero-order chi connectivity index (χ0) is 36.0. The molecule has 0 saturated carbocycles. The van der Waals surface area contributed by atoms with Gasteiger partial charge in [0, 0.05) is 36.3 Å². The summed E-state index contributed by atoms with van der Waals surface area (Å²) >= 11 is 7.10. The van der Waals surface area contributed by atoms with Crippen molar-refractivity contribution in [3.8, 4) is 46.0 Å². The molecule has 4 aliphatic rings. The first-order chi connectivity index (χ1) is 24.6. The average Bonchev–Trinajstić information content (AvgIpc) is 3.13. The largest absolute Gasteiger partial charge is 0.493 e. The summed E-state index contributed by atoms with van der Waals surface area (Å²) in [6.07, 6.45) is 3.43. The molecule has 4 aliphatic heterocycles. The quantitative estimate of drug-likeness (QED) is 0.149. The second kappa shape index (κ2) is 14.1. The van der Waals surface area contributed by atoms with E-state index in [4.69, 9.17) is 40.0 Å². The van der Waals surface area contributed by atoms with Crippen LogP contribution in [0.25, 0.3) is 0 Å². The van der Waals surface area contributed by atoms with Crippen molar-refractivity contribution in [2.75, 3.05) is 55.6 Å². The summed E-state index contributed by atoms with van der Waals surface area (Å²) in [6, 6.07) is 15.0. The van der Waals surface area contributed by atoms with Crippen molar-refractivity contribution in [3.05, 3.63) is 97.0 Å². The number of nitro benzene ring substituents is 1. The lowest BCUT2D eigenvalue weighted by Gasteiger charge is -2.38. The summed E-state index contributed by atoms with van der Waals surface area (Å²) in [5, 5.41) is 13.0. The zero-order valence-corrected chi connectivity index (χ0v) is 30.5. The van der Waals surface area contributed by atoms with E-state index in [0.717, 1.165) is 36.9 Å². The predicted octanol–water partition coefficient (Wildman–Crippen LogP) is 8.11. The number of rotatable bonds is 5. The number of methoxy groups -OCH3 is 4. The molecular weight excluding hydrogens is 674 g/mol. The summed E-state index contributed by atoms with van der Waals surface area (Å²) in [7, 11) is 10.4.